The molecule has 0 aliphatic heterocycles. The van der Waals surface area contributed by atoms with Crippen molar-refractivity contribution >= 4 is 35.0 Å². The second kappa shape index (κ2) is 7.78. The molecule has 152 valence electrons. The van der Waals surface area contributed by atoms with Gasteiger partial charge in [-0.25, -0.2) is 4.79 Å². The summed E-state index contributed by atoms with van der Waals surface area (Å²) in [6.07, 6.45) is 0. The molecule has 6 heteroatoms. The fraction of sp³-hybridized carbons (Fsp3) is 0.167. The van der Waals surface area contributed by atoms with Gasteiger partial charge in [0.2, 0.25) is 0 Å². The van der Waals surface area contributed by atoms with Crippen molar-refractivity contribution in [3.8, 4) is 5.75 Å². The van der Waals surface area contributed by atoms with Crippen LogP contribution < -0.4 is 4.74 Å². The van der Waals surface area contributed by atoms with Gasteiger partial charge in [-0.1, -0.05) is 83.9 Å². The third-order valence-electron chi connectivity index (χ3n) is 5.65. The molecule has 1 aliphatic rings. The van der Waals surface area contributed by atoms with E-state index in [9.17, 15) is 9.59 Å². The van der Waals surface area contributed by atoms with E-state index in [1.54, 1.807) is 6.07 Å². The predicted molar refractivity (Wildman–Crippen MR) is 116 cm³/mol. The van der Waals surface area contributed by atoms with Gasteiger partial charge in [0.1, 0.15) is 10.8 Å². The highest BCUT2D eigenvalue weighted by molar-refractivity contribution is 6.45. The number of benzene rings is 3. The van der Waals surface area contributed by atoms with Gasteiger partial charge in [-0.15, -0.1) is 0 Å². The maximum Gasteiger partial charge on any atom is 0.341 e. The maximum atomic E-state index is 13.8. The van der Waals surface area contributed by atoms with Crippen LogP contribution in [0.4, 0.5) is 0 Å². The van der Waals surface area contributed by atoms with Crippen LogP contribution in [0.1, 0.15) is 39.9 Å². The first-order chi connectivity index (χ1) is 14.4. The highest BCUT2D eigenvalue weighted by Gasteiger charge is 2.53. The van der Waals surface area contributed by atoms with Gasteiger partial charge in [0.15, 0.2) is 12.4 Å². The number of ketones is 1. The van der Waals surface area contributed by atoms with Gasteiger partial charge < -0.3 is 9.84 Å². The maximum absolute atomic E-state index is 13.8. The number of fused-ring (bicyclic) bond motifs is 1. The Hall–Kier alpha value is -2.82. The first-order valence-electron chi connectivity index (χ1n) is 9.37. The minimum atomic E-state index is -1.13. The molecule has 0 saturated heterocycles. The number of hydrogen-bond donors (Lipinski definition) is 1. The molecule has 30 heavy (non-hydrogen) atoms. The Morgan fingerprint density at radius 1 is 1.03 bits per heavy atom. The van der Waals surface area contributed by atoms with E-state index in [-0.39, 0.29) is 27.5 Å². The summed E-state index contributed by atoms with van der Waals surface area (Å²) in [6.45, 7) is 1.35. The SMILES string of the molecule is CC1(c2ccccc2)C(=O)c2c(cc(OCC(=O)O)c(Cl)c2Cl)C1c1ccccc1. The van der Waals surface area contributed by atoms with E-state index in [0.29, 0.717) is 11.1 Å². The molecule has 4 rings (SSSR count). The summed E-state index contributed by atoms with van der Waals surface area (Å²) in [7, 11) is 0. The minimum Gasteiger partial charge on any atom is -0.480 e. The molecule has 0 fully saturated rings. The number of aliphatic carboxylic acids is 1. The fourth-order valence-electron chi connectivity index (χ4n) is 4.27. The zero-order chi connectivity index (χ0) is 21.5. The number of carboxylic acid groups (broad SMARTS) is 1. The van der Waals surface area contributed by atoms with Gasteiger partial charge in [0.25, 0.3) is 0 Å². The van der Waals surface area contributed by atoms with E-state index in [1.165, 1.54) is 0 Å². The normalized spacial score (nSPS) is 20.1. The molecule has 0 spiro atoms. The minimum absolute atomic E-state index is 0.0362. The number of carbonyl (C=O) groups is 2. The Kier molecular flexibility index (Phi) is 5.31. The summed E-state index contributed by atoms with van der Waals surface area (Å²) in [5.41, 5.74) is 1.92. The number of Topliss-reactive ketones (excluding diaryl/α,β-unsaturated/α-hetero) is 1. The second-order valence-electron chi connectivity index (χ2n) is 7.39. The molecule has 0 saturated carbocycles. The molecule has 2 atom stereocenters. The highest BCUT2D eigenvalue weighted by atomic mass is 35.5. The zero-order valence-corrected chi connectivity index (χ0v) is 17.6. The molecule has 3 aromatic carbocycles. The number of rotatable bonds is 5. The van der Waals surface area contributed by atoms with Crippen molar-refractivity contribution in [2.75, 3.05) is 6.61 Å². The predicted octanol–water partition coefficient (Wildman–Crippen LogP) is 5.74. The van der Waals surface area contributed by atoms with E-state index in [0.717, 1.165) is 11.1 Å². The van der Waals surface area contributed by atoms with Crippen LogP contribution in [-0.2, 0) is 10.2 Å². The van der Waals surface area contributed by atoms with Crippen molar-refractivity contribution in [3.05, 3.63) is 99.0 Å². The third-order valence-corrected chi connectivity index (χ3v) is 6.50. The lowest BCUT2D eigenvalue weighted by atomic mass is 9.69. The van der Waals surface area contributed by atoms with Crippen molar-refractivity contribution in [2.24, 2.45) is 0 Å². The summed E-state index contributed by atoms with van der Waals surface area (Å²) in [5, 5.41) is 9.10. The van der Waals surface area contributed by atoms with E-state index in [4.69, 9.17) is 33.0 Å². The Balaban J connectivity index is 1.98. The topological polar surface area (TPSA) is 63.6 Å². The Morgan fingerprint density at radius 3 is 2.23 bits per heavy atom. The number of hydrogen-bond acceptors (Lipinski definition) is 3. The monoisotopic (exact) mass is 440 g/mol. The summed E-state index contributed by atoms with van der Waals surface area (Å²) < 4.78 is 5.37. The third kappa shape index (κ3) is 3.17. The van der Waals surface area contributed by atoms with Crippen LogP contribution in [0.3, 0.4) is 0 Å². The van der Waals surface area contributed by atoms with Gasteiger partial charge in [0, 0.05) is 11.5 Å². The molecule has 4 nitrogen and oxygen atoms in total. The molecular formula is C24H18Cl2O4. The summed E-state index contributed by atoms with van der Waals surface area (Å²) in [4.78, 5) is 24.7. The zero-order valence-electron chi connectivity index (χ0n) is 16.1. The molecule has 0 heterocycles. The first-order valence-corrected chi connectivity index (χ1v) is 10.1. The van der Waals surface area contributed by atoms with Crippen LogP contribution >= 0.6 is 23.2 Å². The lowest BCUT2D eigenvalue weighted by molar-refractivity contribution is -0.139. The van der Waals surface area contributed by atoms with E-state index < -0.39 is 18.0 Å². The number of ether oxygens (including phenoxy) is 1. The van der Waals surface area contributed by atoms with Crippen molar-refractivity contribution in [2.45, 2.75) is 18.3 Å². The highest BCUT2D eigenvalue weighted by Crippen LogP contribution is 2.56. The fourth-order valence-corrected chi connectivity index (χ4v) is 4.76. The summed E-state index contributed by atoms with van der Waals surface area (Å²) in [5.74, 6) is -1.46. The van der Waals surface area contributed by atoms with Crippen LogP contribution in [0.25, 0.3) is 0 Å². The van der Waals surface area contributed by atoms with Crippen molar-refractivity contribution < 1.29 is 19.4 Å². The molecule has 2 unspecified atom stereocenters. The molecule has 0 bridgehead atoms. The molecule has 1 aliphatic carbocycles. The lowest BCUT2D eigenvalue weighted by Crippen LogP contribution is -2.33. The smallest absolute Gasteiger partial charge is 0.341 e. The number of halogens is 2. The first kappa shape index (κ1) is 20.5. The average Bonchev–Trinajstić information content (AvgIpc) is 2.98. The standard InChI is InChI=1S/C24H18Cl2O4/c1-24(15-10-6-3-7-11-15)20(14-8-4-2-5-9-14)16-12-17(30-13-18(27)28)21(25)22(26)19(16)23(24)29/h2-12,20H,13H2,1H3,(H,27,28). The van der Waals surface area contributed by atoms with E-state index in [1.807, 2.05) is 67.6 Å². The van der Waals surface area contributed by atoms with Crippen molar-refractivity contribution in [1.29, 1.82) is 0 Å². The molecule has 0 amide bonds. The van der Waals surface area contributed by atoms with Crippen molar-refractivity contribution in [1.82, 2.24) is 0 Å². The van der Waals surface area contributed by atoms with Crippen LogP contribution in [0.5, 0.6) is 5.75 Å². The van der Waals surface area contributed by atoms with Crippen molar-refractivity contribution in [3.63, 3.8) is 0 Å². The number of carbonyl (C=O) groups excluding carboxylic acids is 1. The summed E-state index contributed by atoms with van der Waals surface area (Å²) >= 11 is 12.9. The summed E-state index contributed by atoms with van der Waals surface area (Å²) in [6, 6.07) is 20.9. The largest absolute Gasteiger partial charge is 0.480 e. The second-order valence-corrected chi connectivity index (χ2v) is 8.15. The van der Waals surface area contributed by atoms with Gasteiger partial charge in [0.05, 0.1) is 10.4 Å². The van der Waals surface area contributed by atoms with Gasteiger partial charge >= 0.3 is 5.97 Å². The Morgan fingerprint density at radius 2 is 1.63 bits per heavy atom. The lowest BCUT2D eigenvalue weighted by Gasteiger charge is -2.31. The van der Waals surface area contributed by atoms with E-state index >= 15 is 0 Å². The van der Waals surface area contributed by atoms with Crippen LogP contribution in [0.15, 0.2) is 66.7 Å². The molecule has 0 aromatic heterocycles. The Bertz CT molecular complexity index is 1130. The molecule has 3 aromatic rings. The molecule has 1 N–H and O–H groups in total. The van der Waals surface area contributed by atoms with E-state index in [2.05, 4.69) is 0 Å². The average molecular weight is 441 g/mol. The van der Waals surface area contributed by atoms with Crippen LogP contribution in [0, 0.1) is 0 Å². The van der Waals surface area contributed by atoms with Gasteiger partial charge in [-0.05, 0) is 29.7 Å². The van der Waals surface area contributed by atoms with Gasteiger partial charge in [-0.2, -0.15) is 0 Å². The van der Waals surface area contributed by atoms with Gasteiger partial charge in [-0.3, -0.25) is 4.79 Å². The number of carboxylic acids is 1. The van der Waals surface area contributed by atoms with Crippen LogP contribution in [0.2, 0.25) is 10.0 Å². The van der Waals surface area contributed by atoms with Crippen LogP contribution in [-0.4, -0.2) is 23.5 Å². The Labute approximate surface area is 184 Å². The molecule has 0 radical (unpaired) electrons. The molecular weight excluding hydrogens is 423 g/mol. The quantitative estimate of drug-likeness (QED) is 0.548.